The molecular formula is C23H27NO4. The van der Waals surface area contributed by atoms with Crippen molar-refractivity contribution in [2.45, 2.75) is 39.2 Å². The zero-order valence-corrected chi connectivity index (χ0v) is 16.4. The van der Waals surface area contributed by atoms with Gasteiger partial charge in [-0.25, -0.2) is 4.79 Å². The number of para-hydroxylation sites is 1. The average molecular weight is 381 g/mol. The number of hydrogen-bond acceptors (Lipinski definition) is 4. The fourth-order valence-corrected chi connectivity index (χ4v) is 3.56. The molecule has 5 nitrogen and oxygen atoms in total. The van der Waals surface area contributed by atoms with Crippen LogP contribution in [0.25, 0.3) is 0 Å². The fraction of sp³-hybridized carbons (Fsp3) is 0.391. The summed E-state index contributed by atoms with van der Waals surface area (Å²) >= 11 is 0. The normalized spacial score (nSPS) is 21.6. The van der Waals surface area contributed by atoms with Crippen LogP contribution in [0.3, 0.4) is 0 Å². The maximum atomic E-state index is 12.3. The van der Waals surface area contributed by atoms with E-state index in [1.807, 2.05) is 30.3 Å². The number of carbonyl (C=O) groups is 2. The van der Waals surface area contributed by atoms with Gasteiger partial charge >= 0.3 is 5.97 Å². The molecule has 1 saturated carbocycles. The zero-order chi connectivity index (χ0) is 19.9. The SMILES string of the molecule is C[C@@H]1[C@@H](C)CCC[C@H]1NC(=O)COC(=O)c1cccc(Oc2ccccc2)c1. The minimum atomic E-state index is -0.543. The zero-order valence-electron chi connectivity index (χ0n) is 16.4. The Kier molecular flexibility index (Phi) is 6.69. The molecule has 0 heterocycles. The number of amides is 1. The van der Waals surface area contributed by atoms with Crippen LogP contribution in [0.2, 0.25) is 0 Å². The highest BCUT2D eigenvalue weighted by Gasteiger charge is 2.28. The summed E-state index contributed by atoms with van der Waals surface area (Å²) < 4.78 is 10.9. The number of rotatable bonds is 6. The van der Waals surface area contributed by atoms with Gasteiger partial charge in [-0.3, -0.25) is 4.79 Å². The van der Waals surface area contributed by atoms with Crippen LogP contribution in [0, 0.1) is 11.8 Å². The summed E-state index contributed by atoms with van der Waals surface area (Å²) in [5.41, 5.74) is 0.348. The molecule has 3 atom stereocenters. The topological polar surface area (TPSA) is 64.6 Å². The van der Waals surface area contributed by atoms with Gasteiger partial charge in [0.05, 0.1) is 5.56 Å². The molecule has 1 amide bonds. The Balaban J connectivity index is 1.52. The van der Waals surface area contributed by atoms with Crippen LogP contribution < -0.4 is 10.1 Å². The number of esters is 1. The lowest BCUT2D eigenvalue weighted by molar-refractivity contribution is -0.125. The Hall–Kier alpha value is -2.82. The molecule has 1 fully saturated rings. The molecule has 1 N–H and O–H groups in total. The Morgan fingerprint density at radius 1 is 1.00 bits per heavy atom. The molecule has 3 rings (SSSR count). The van der Waals surface area contributed by atoms with Crippen molar-refractivity contribution in [1.82, 2.24) is 5.32 Å². The van der Waals surface area contributed by atoms with Crippen LogP contribution in [-0.2, 0) is 9.53 Å². The van der Waals surface area contributed by atoms with E-state index in [1.165, 1.54) is 6.42 Å². The van der Waals surface area contributed by atoms with E-state index >= 15 is 0 Å². The highest BCUT2D eigenvalue weighted by molar-refractivity contribution is 5.91. The number of hydrogen-bond donors (Lipinski definition) is 1. The second kappa shape index (κ2) is 9.40. The Morgan fingerprint density at radius 2 is 1.75 bits per heavy atom. The first-order chi connectivity index (χ1) is 13.5. The van der Waals surface area contributed by atoms with Crippen molar-refractivity contribution in [2.24, 2.45) is 11.8 Å². The Bertz CT molecular complexity index is 805. The molecule has 2 aromatic carbocycles. The van der Waals surface area contributed by atoms with Gasteiger partial charge in [0.1, 0.15) is 11.5 Å². The number of benzene rings is 2. The largest absolute Gasteiger partial charge is 0.457 e. The molecular weight excluding hydrogens is 354 g/mol. The summed E-state index contributed by atoms with van der Waals surface area (Å²) in [6, 6.07) is 16.2. The van der Waals surface area contributed by atoms with Gasteiger partial charge in [-0.1, -0.05) is 51.0 Å². The van der Waals surface area contributed by atoms with Crippen molar-refractivity contribution >= 4 is 11.9 Å². The molecule has 0 bridgehead atoms. The van der Waals surface area contributed by atoms with Crippen LogP contribution >= 0.6 is 0 Å². The second-order valence-electron chi connectivity index (χ2n) is 7.46. The molecule has 1 aliphatic rings. The van der Waals surface area contributed by atoms with Gasteiger partial charge in [0.15, 0.2) is 6.61 Å². The molecule has 148 valence electrons. The molecule has 5 heteroatoms. The van der Waals surface area contributed by atoms with E-state index in [9.17, 15) is 9.59 Å². The predicted molar refractivity (Wildman–Crippen MR) is 107 cm³/mol. The standard InChI is InChI=1S/C23H27NO4/c1-16-8-6-13-21(17(16)2)24-22(25)15-27-23(26)18-9-7-12-20(14-18)28-19-10-4-3-5-11-19/h3-5,7,9-12,14,16-17,21H,6,8,13,15H2,1-2H3,(H,24,25)/t16-,17+,21+/m0/s1. The summed E-state index contributed by atoms with van der Waals surface area (Å²) in [6.45, 7) is 4.10. The summed E-state index contributed by atoms with van der Waals surface area (Å²) in [4.78, 5) is 24.5. The Morgan fingerprint density at radius 3 is 2.54 bits per heavy atom. The lowest BCUT2D eigenvalue weighted by atomic mass is 9.78. The molecule has 28 heavy (non-hydrogen) atoms. The van der Waals surface area contributed by atoms with E-state index < -0.39 is 5.97 Å². The first-order valence-electron chi connectivity index (χ1n) is 9.82. The molecule has 0 saturated heterocycles. The first-order valence-corrected chi connectivity index (χ1v) is 9.82. The second-order valence-corrected chi connectivity index (χ2v) is 7.46. The molecule has 0 radical (unpaired) electrons. The predicted octanol–water partition coefficient (Wildman–Crippen LogP) is 4.58. The van der Waals surface area contributed by atoms with E-state index in [-0.39, 0.29) is 18.6 Å². The highest BCUT2D eigenvalue weighted by Crippen LogP contribution is 2.29. The van der Waals surface area contributed by atoms with Crippen molar-refractivity contribution in [3.8, 4) is 11.5 Å². The van der Waals surface area contributed by atoms with E-state index in [0.29, 0.717) is 28.9 Å². The number of nitrogens with one attached hydrogen (secondary N) is 1. The smallest absolute Gasteiger partial charge is 0.338 e. The van der Waals surface area contributed by atoms with E-state index in [1.54, 1.807) is 24.3 Å². The minimum Gasteiger partial charge on any atom is -0.457 e. The van der Waals surface area contributed by atoms with Gasteiger partial charge in [-0.15, -0.1) is 0 Å². The molecule has 0 spiro atoms. The maximum Gasteiger partial charge on any atom is 0.338 e. The van der Waals surface area contributed by atoms with Gasteiger partial charge in [-0.2, -0.15) is 0 Å². The van der Waals surface area contributed by atoms with Crippen molar-refractivity contribution in [2.75, 3.05) is 6.61 Å². The summed E-state index contributed by atoms with van der Waals surface area (Å²) in [7, 11) is 0. The van der Waals surface area contributed by atoms with Crippen molar-refractivity contribution in [3.63, 3.8) is 0 Å². The summed E-state index contributed by atoms with van der Waals surface area (Å²) in [5.74, 6) is 1.45. The van der Waals surface area contributed by atoms with Crippen molar-refractivity contribution in [1.29, 1.82) is 0 Å². The quantitative estimate of drug-likeness (QED) is 0.744. The highest BCUT2D eigenvalue weighted by atomic mass is 16.5. The monoisotopic (exact) mass is 381 g/mol. The molecule has 0 aromatic heterocycles. The van der Waals surface area contributed by atoms with Crippen molar-refractivity contribution < 1.29 is 19.1 Å². The van der Waals surface area contributed by atoms with E-state index in [0.717, 1.165) is 12.8 Å². The first kappa shape index (κ1) is 19.9. The van der Waals surface area contributed by atoms with Gasteiger partial charge in [0, 0.05) is 6.04 Å². The fourth-order valence-electron chi connectivity index (χ4n) is 3.56. The summed E-state index contributed by atoms with van der Waals surface area (Å²) in [6.07, 6.45) is 3.29. The lowest BCUT2D eigenvalue weighted by Crippen LogP contribution is -2.45. The molecule has 1 aliphatic carbocycles. The Labute approximate surface area is 166 Å². The third-order valence-electron chi connectivity index (χ3n) is 5.44. The van der Waals surface area contributed by atoms with Gasteiger partial charge in [0.25, 0.3) is 5.91 Å². The van der Waals surface area contributed by atoms with Gasteiger partial charge in [-0.05, 0) is 48.6 Å². The third-order valence-corrected chi connectivity index (χ3v) is 5.44. The minimum absolute atomic E-state index is 0.151. The van der Waals surface area contributed by atoms with Crippen LogP contribution in [0.1, 0.15) is 43.5 Å². The lowest BCUT2D eigenvalue weighted by Gasteiger charge is -2.34. The maximum absolute atomic E-state index is 12.3. The molecule has 0 aliphatic heterocycles. The van der Waals surface area contributed by atoms with Gasteiger partial charge in [0.2, 0.25) is 0 Å². The summed E-state index contributed by atoms with van der Waals surface area (Å²) in [5, 5.41) is 3.01. The molecule has 0 unspecified atom stereocenters. The number of carbonyl (C=O) groups excluding carboxylic acids is 2. The average Bonchev–Trinajstić information content (AvgIpc) is 2.70. The van der Waals surface area contributed by atoms with Crippen LogP contribution in [0.4, 0.5) is 0 Å². The van der Waals surface area contributed by atoms with Crippen LogP contribution in [-0.4, -0.2) is 24.5 Å². The van der Waals surface area contributed by atoms with Gasteiger partial charge < -0.3 is 14.8 Å². The van der Waals surface area contributed by atoms with Crippen LogP contribution in [0.5, 0.6) is 11.5 Å². The number of ether oxygens (including phenoxy) is 2. The third kappa shape index (κ3) is 5.35. The van der Waals surface area contributed by atoms with E-state index in [2.05, 4.69) is 19.2 Å². The van der Waals surface area contributed by atoms with Crippen molar-refractivity contribution in [3.05, 3.63) is 60.2 Å². The molecule has 2 aromatic rings. The van der Waals surface area contributed by atoms with Crippen LogP contribution in [0.15, 0.2) is 54.6 Å². The van der Waals surface area contributed by atoms with E-state index in [4.69, 9.17) is 9.47 Å².